The third-order valence-electron chi connectivity index (χ3n) is 4.26. The van der Waals surface area contributed by atoms with E-state index in [2.05, 4.69) is 5.32 Å². The van der Waals surface area contributed by atoms with Crippen LogP contribution in [0.25, 0.3) is 0 Å². The number of aliphatic carboxylic acids is 1. The van der Waals surface area contributed by atoms with E-state index < -0.39 is 42.1 Å². The Hall–Kier alpha value is -2.77. The van der Waals surface area contributed by atoms with Crippen LogP contribution in [0.1, 0.15) is 30.1 Å². The molecule has 1 aromatic rings. The number of benzene rings is 1. The lowest BCUT2D eigenvalue weighted by Gasteiger charge is -2.28. The Kier molecular flexibility index (Phi) is 4.28. The van der Waals surface area contributed by atoms with Gasteiger partial charge in [-0.15, -0.1) is 0 Å². The Morgan fingerprint density at radius 1 is 1.48 bits per heavy atom. The molecule has 0 bridgehead atoms. The fourth-order valence-corrected chi connectivity index (χ4v) is 3.27. The molecular formula is C17H14F3NO4. The van der Waals surface area contributed by atoms with Gasteiger partial charge in [-0.3, -0.25) is 0 Å². The summed E-state index contributed by atoms with van der Waals surface area (Å²) in [7, 11) is 0. The van der Waals surface area contributed by atoms with Gasteiger partial charge in [0.2, 0.25) is 0 Å². The highest BCUT2D eigenvalue weighted by molar-refractivity contribution is 6.00. The van der Waals surface area contributed by atoms with Crippen LogP contribution in [0.2, 0.25) is 0 Å². The Bertz CT molecular complexity index is 829. The summed E-state index contributed by atoms with van der Waals surface area (Å²) in [6.07, 6.45) is -1.75. The fraction of sp³-hybridized carbons (Fsp3) is 0.294. The summed E-state index contributed by atoms with van der Waals surface area (Å²) in [6.45, 7) is -0.221. The van der Waals surface area contributed by atoms with E-state index in [1.54, 1.807) is 0 Å². The average Bonchev–Trinajstić information content (AvgIpc) is 2.93. The van der Waals surface area contributed by atoms with Crippen LogP contribution >= 0.6 is 0 Å². The zero-order valence-electron chi connectivity index (χ0n) is 13.1. The molecule has 5 nitrogen and oxygen atoms in total. The van der Waals surface area contributed by atoms with E-state index >= 15 is 0 Å². The molecule has 3 rings (SSSR count). The van der Waals surface area contributed by atoms with Crippen LogP contribution in [-0.4, -0.2) is 30.3 Å². The smallest absolute Gasteiger partial charge is 0.337 e. The van der Waals surface area contributed by atoms with E-state index in [1.807, 2.05) is 0 Å². The summed E-state index contributed by atoms with van der Waals surface area (Å²) in [5.41, 5.74) is -0.996. The number of allylic oxidation sites excluding steroid dienone is 1. The van der Waals surface area contributed by atoms with Gasteiger partial charge in [0.05, 0.1) is 28.5 Å². The predicted molar refractivity (Wildman–Crippen MR) is 80.4 cm³/mol. The minimum Gasteiger partial charge on any atom is -0.478 e. The third kappa shape index (κ3) is 2.67. The lowest BCUT2D eigenvalue weighted by molar-refractivity contribution is -0.136. The van der Waals surface area contributed by atoms with Crippen LogP contribution in [-0.2, 0) is 14.3 Å². The molecule has 0 saturated heterocycles. The van der Waals surface area contributed by atoms with Crippen molar-refractivity contribution in [2.75, 3.05) is 13.3 Å². The molecule has 2 aliphatic rings. The van der Waals surface area contributed by atoms with Gasteiger partial charge in [0, 0.05) is 5.56 Å². The first kappa shape index (κ1) is 17.1. The number of carboxylic acids is 1. The monoisotopic (exact) mass is 353 g/mol. The number of hydrogen-bond donors (Lipinski definition) is 2. The van der Waals surface area contributed by atoms with Crippen molar-refractivity contribution in [3.8, 4) is 0 Å². The highest BCUT2D eigenvalue weighted by Crippen LogP contribution is 2.44. The molecule has 0 radical (unpaired) electrons. The summed E-state index contributed by atoms with van der Waals surface area (Å²) < 4.78 is 46.5. The molecule has 2 aliphatic heterocycles. The van der Waals surface area contributed by atoms with Crippen LogP contribution in [0.4, 0.5) is 13.2 Å². The second kappa shape index (κ2) is 6.27. The van der Waals surface area contributed by atoms with Crippen LogP contribution in [0.15, 0.2) is 40.7 Å². The number of alkyl halides is 2. The van der Waals surface area contributed by atoms with Crippen molar-refractivity contribution in [3.63, 3.8) is 0 Å². The lowest BCUT2D eigenvalue weighted by atomic mass is 9.78. The van der Waals surface area contributed by atoms with Gasteiger partial charge in [0.1, 0.15) is 25.3 Å². The van der Waals surface area contributed by atoms with E-state index in [9.17, 15) is 27.9 Å². The van der Waals surface area contributed by atoms with E-state index in [0.29, 0.717) is 0 Å². The number of rotatable bonds is 4. The van der Waals surface area contributed by atoms with E-state index in [1.165, 1.54) is 12.1 Å². The number of esters is 1. The number of dihydropyridines is 1. The standard InChI is InChI=1S/C17H14F3NO4/c1-7(19)12-8(3-2-4-9(12)20)13-14(16(22)23)10(5-18)21-11-6-25-17(24)15(11)13/h2-4,7,13,21H,5-6H2,1H3,(H,22,23)/t7?,13-/m1/s1. The number of carbonyl (C=O) groups excluding carboxylic acids is 1. The molecule has 0 aliphatic carbocycles. The van der Waals surface area contributed by atoms with Gasteiger partial charge in [-0.25, -0.2) is 22.8 Å². The molecule has 0 amide bonds. The molecule has 8 heteroatoms. The molecule has 1 unspecified atom stereocenters. The van der Waals surface area contributed by atoms with Crippen molar-refractivity contribution < 1.29 is 32.6 Å². The first-order valence-corrected chi connectivity index (χ1v) is 7.48. The summed E-state index contributed by atoms with van der Waals surface area (Å²) >= 11 is 0. The van der Waals surface area contributed by atoms with Crippen LogP contribution in [0.3, 0.4) is 0 Å². The average molecular weight is 353 g/mol. The van der Waals surface area contributed by atoms with Crippen molar-refractivity contribution in [2.24, 2.45) is 0 Å². The Balaban J connectivity index is 2.31. The second-order valence-electron chi connectivity index (χ2n) is 5.72. The number of ether oxygens (including phenoxy) is 1. The fourth-order valence-electron chi connectivity index (χ4n) is 3.27. The minimum atomic E-state index is -1.75. The largest absolute Gasteiger partial charge is 0.478 e. The number of halogens is 3. The second-order valence-corrected chi connectivity index (χ2v) is 5.72. The quantitative estimate of drug-likeness (QED) is 0.814. The molecule has 0 saturated carbocycles. The van der Waals surface area contributed by atoms with Crippen LogP contribution in [0.5, 0.6) is 0 Å². The van der Waals surface area contributed by atoms with Crippen molar-refractivity contribution >= 4 is 11.9 Å². The Labute approximate surface area is 140 Å². The Morgan fingerprint density at radius 2 is 2.20 bits per heavy atom. The van der Waals surface area contributed by atoms with Crippen molar-refractivity contribution in [1.82, 2.24) is 5.32 Å². The first-order valence-electron chi connectivity index (χ1n) is 7.48. The zero-order chi connectivity index (χ0) is 18.3. The highest BCUT2D eigenvalue weighted by atomic mass is 19.1. The predicted octanol–water partition coefficient (Wildman–Crippen LogP) is 2.66. The van der Waals surface area contributed by atoms with Gasteiger partial charge in [0.15, 0.2) is 0 Å². The van der Waals surface area contributed by atoms with Gasteiger partial charge in [-0.1, -0.05) is 12.1 Å². The lowest BCUT2D eigenvalue weighted by Crippen LogP contribution is -2.31. The maximum absolute atomic E-state index is 14.2. The van der Waals surface area contributed by atoms with Gasteiger partial charge in [-0.05, 0) is 18.6 Å². The zero-order valence-corrected chi connectivity index (χ0v) is 13.1. The SMILES string of the molecule is CC(F)c1c(F)cccc1[C@@H]1C(C(=O)O)=C(CF)NC2=C1C(=O)OC2. The molecule has 25 heavy (non-hydrogen) atoms. The molecular weight excluding hydrogens is 339 g/mol. The summed E-state index contributed by atoms with van der Waals surface area (Å²) in [5.74, 6) is -4.48. The van der Waals surface area contributed by atoms with Crippen LogP contribution < -0.4 is 5.32 Å². The molecule has 0 aromatic heterocycles. The maximum atomic E-state index is 14.2. The molecule has 0 spiro atoms. The number of cyclic esters (lactones) is 1. The van der Waals surface area contributed by atoms with Gasteiger partial charge in [0.25, 0.3) is 0 Å². The van der Waals surface area contributed by atoms with E-state index in [0.717, 1.165) is 13.0 Å². The van der Waals surface area contributed by atoms with Gasteiger partial charge in [-0.2, -0.15) is 0 Å². The normalized spacial score (nSPS) is 21.0. The number of nitrogens with one attached hydrogen (secondary N) is 1. The van der Waals surface area contributed by atoms with Crippen molar-refractivity contribution in [3.05, 3.63) is 57.7 Å². The van der Waals surface area contributed by atoms with Crippen molar-refractivity contribution in [2.45, 2.75) is 19.0 Å². The number of hydrogen-bond acceptors (Lipinski definition) is 4. The Morgan fingerprint density at radius 3 is 2.80 bits per heavy atom. The van der Waals surface area contributed by atoms with Crippen molar-refractivity contribution in [1.29, 1.82) is 0 Å². The number of carbonyl (C=O) groups is 2. The highest BCUT2D eigenvalue weighted by Gasteiger charge is 2.43. The van der Waals surface area contributed by atoms with E-state index in [4.69, 9.17) is 4.74 Å². The first-order chi connectivity index (χ1) is 11.9. The molecule has 0 fully saturated rings. The molecule has 2 heterocycles. The molecule has 132 valence electrons. The number of carboxylic acid groups (broad SMARTS) is 1. The molecule has 1 aromatic carbocycles. The van der Waals surface area contributed by atoms with E-state index in [-0.39, 0.29) is 34.7 Å². The summed E-state index contributed by atoms with van der Waals surface area (Å²) in [5, 5.41) is 12.1. The maximum Gasteiger partial charge on any atom is 0.337 e. The third-order valence-corrected chi connectivity index (χ3v) is 4.26. The van der Waals surface area contributed by atoms with Gasteiger partial charge < -0.3 is 15.2 Å². The van der Waals surface area contributed by atoms with Crippen LogP contribution in [0, 0.1) is 5.82 Å². The topological polar surface area (TPSA) is 75.6 Å². The summed E-state index contributed by atoms with van der Waals surface area (Å²) in [6, 6.07) is 3.66. The minimum absolute atomic E-state index is 0.0359. The summed E-state index contributed by atoms with van der Waals surface area (Å²) in [4.78, 5) is 23.8. The molecule has 2 atom stereocenters. The van der Waals surface area contributed by atoms with Gasteiger partial charge >= 0.3 is 11.9 Å². The molecule has 2 N–H and O–H groups in total.